The van der Waals surface area contributed by atoms with E-state index in [2.05, 4.69) is 69.8 Å². The lowest BCUT2D eigenvalue weighted by atomic mass is 10.1. The third-order valence-corrected chi connectivity index (χ3v) is 5.77. The minimum absolute atomic E-state index is 0.926. The zero-order valence-corrected chi connectivity index (χ0v) is 13.1. The summed E-state index contributed by atoms with van der Waals surface area (Å²) in [5.74, 6) is 0. The largest absolute Gasteiger partial charge is 0.0605 e. The summed E-state index contributed by atoms with van der Waals surface area (Å²) in [7, 11) is 0. The summed E-state index contributed by atoms with van der Waals surface area (Å²) in [5.41, 5.74) is 0. The molecule has 0 bridgehead atoms. The fourth-order valence-electron chi connectivity index (χ4n) is 1.23. The molecule has 0 N–H and O–H groups in total. The van der Waals surface area contributed by atoms with Crippen LogP contribution in [0.1, 0.15) is 0 Å². The second-order valence-corrected chi connectivity index (χ2v) is 5.96. The fraction of sp³-hybridized carbons (Fsp3) is 0. The van der Waals surface area contributed by atoms with Crippen molar-refractivity contribution in [2.75, 3.05) is 0 Å². The lowest BCUT2D eigenvalue weighted by molar-refractivity contribution is 1.57. The van der Waals surface area contributed by atoms with Crippen molar-refractivity contribution in [3.63, 3.8) is 0 Å². The Bertz CT molecular complexity index is 505. The molecule has 0 saturated carbocycles. The molecule has 14 heavy (non-hydrogen) atoms. The number of halogens is 4. The number of hydrogen-bond acceptors (Lipinski definition) is 0. The number of benzene rings is 2. The summed E-state index contributed by atoms with van der Waals surface area (Å²) in [5, 5.41) is 2.20. The van der Waals surface area contributed by atoms with E-state index in [1.165, 1.54) is 0 Å². The summed E-state index contributed by atoms with van der Waals surface area (Å²) in [6.07, 6.45) is 0. The zero-order valence-electron chi connectivity index (χ0n) is 6.74. The van der Waals surface area contributed by atoms with Gasteiger partial charge in [0.15, 0.2) is 0 Å². The average molecular weight is 443 g/mol. The SMILES string of the molecule is Brc1[c]c2cccc(Br)c2c(Br)c1Br. The van der Waals surface area contributed by atoms with E-state index in [1.807, 2.05) is 18.2 Å². The third-order valence-electron chi connectivity index (χ3n) is 1.86. The second kappa shape index (κ2) is 4.24. The summed E-state index contributed by atoms with van der Waals surface area (Å²) in [4.78, 5) is 0. The Kier molecular flexibility index (Phi) is 3.37. The number of fused-ring (bicyclic) bond motifs is 1. The van der Waals surface area contributed by atoms with Gasteiger partial charge in [0, 0.05) is 29.3 Å². The van der Waals surface area contributed by atoms with E-state index in [1.54, 1.807) is 0 Å². The summed E-state index contributed by atoms with van der Waals surface area (Å²) < 4.78 is 4.00. The van der Waals surface area contributed by atoms with Gasteiger partial charge in [-0.1, -0.05) is 28.1 Å². The van der Waals surface area contributed by atoms with Gasteiger partial charge in [0.1, 0.15) is 0 Å². The van der Waals surface area contributed by atoms with Crippen molar-refractivity contribution in [2.24, 2.45) is 0 Å². The van der Waals surface area contributed by atoms with E-state index in [9.17, 15) is 0 Å². The Morgan fingerprint density at radius 3 is 2.36 bits per heavy atom. The van der Waals surface area contributed by atoms with Gasteiger partial charge in [0.2, 0.25) is 0 Å². The standard InChI is InChI=1S/C10H3Br4/c11-6-3-1-2-5-4-7(12)9(13)10(14)8(5)6/h1-3H. The Hall–Kier alpha value is 0.620. The minimum Gasteiger partial charge on any atom is -0.0605 e. The molecule has 0 atom stereocenters. The van der Waals surface area contributed by atoms with Crippen LogP contribution >= 0.6 is 63.7 Å². The molecular formula is C10H3Br4. The second-order valence-electron chi connectivity index (χ2n) is 2.73. The molecular weight excluding hydrogens is 440 g/mol. The predicted octanol–water partition coefficient (Wildman–Crippen LogP) is 5.69. The highest BCUT2D eigenvalue weighted by Crippen LogP contribution is 2.39. The first-order valence-corrected chi connectivity index (χ1v) is 6.92. The molecule has 0 aromatic heterocycles. The van der Waals surface area contributed by atoms with E-state index in [4.69, 9.17) is 0 Å². The van der Waals surface area contributed by atoms with Gasteiger partial charge in [-0.05, 0) is 59.2 Å². The first-order chi connectivity index (χ1) is 6.61. The van der Waals surface area contributed by atoms with Gasteiger partial charge in [-0.3, -0.25) is 0 Å². The highest BCUT2D eigenvalue weighted by Gasteiger charge is 2.09. The summed E-state index contributed by atoms with van der Waals surface area (Å²) >= 11 is 14.0. The van der Waals surface area contributed by atoms with Crippen LogP contribution in [0.15, 0.2) is 36.1 Å². The molecule has 2 aromatic rings. The molecule has 2 rings (SSSR count). The molecule has 0 spiro atoms. The number of hydrogen-bond donors (Lipinski definition) is 0. The summed E-state index contributed by atoms with van der Waals surface area (Å²) in [6.45, 7) is 0. The van der Waals surface area contributed by atoms with Crippen molar-refractivity contribution >= 4 is 74.5 Å². The van der Waals surface area contributed by atoms with Crippen molar-refractivity contribution in [2.45, 2.75) is 0 Å². The van der Waals surface area contributed by atoms with Gasteiger partial charge in [-0.25, -0.2) is 0 Å². The van der Waals surface area contributed by atoms with Gasteiger partial charge in [0.05, 0.1) is 0 Å². The maximum Gasteiger partial charge on any atom is 0.0472 e. The van der Waals surface area contributed by atoms with E-state index in [0.717, 1.165) is 28.7 Å². The normalized spacial score (nSPS) is 10.9. The predicted molar refractivity (Wildman–Crippen MR) is 73.6 cm³/mol. The lowest BCUT2D eigenvalue weighted by Crippen LogP contribution is -1.81. The van der Waals surface area contributed by atoms with Crippen LogP contribution in [0.25, 0.3) is 10.8 Å². The van der Waals surface area contributed by atoms with Crippen LogP contribution in [0, 0.1) is 6.07 Å². The maximum absolute atomic E-state index is 3.56. The van der Waals surface area contributed by atoms with Crippen LogP contribution in [0.4, 0.5) is 0 Å². The van der Waals surface area contributed by atoms with Gasteiger partial charge in [-0.2, -0.15) is 0 Å². The van der Waals surface area contributed by atoms with Crippen LogP contribution < -0.4 is 0 Å². The molecule has 0 amide bonds. The molecule has 4 heteroatoms. The average Bonchev–Trinajstić information content (AvgIpc) is 2.14. The van der Waals surface area contributed by atoms with Crippen LogP contribution in [0.5, 0.6) is 0 Å². The molecule has 0 saturated heterocycles. The van der Waals surface area contributed by atoms with Crippen molar-refractivity contribution in [1.82, 2.24) is 0 Å². The van der Waals surface area contributed by atoms with Crippen LogP contribution in [-0.4, -0.2) is 0 Å². The highest BCUT2D eigenvalue weighted by atomic mass is 79.9. The first-order valence-electron chi connectivity index (χ1n) is 3.75. The minimum atomic E-state index is 0.926. The molecule has 0 aliphatic heterocycles. The molecule has 0 heterocycles. The topological polar surface area (TPSA) is 0 Å². The molecule has 0 aliphatic rings. The zero-order chi connectivity index (χ0) is 10.3. The molecule has 0 aliphatic carbocycles. The lowest BCUT2D eigenvalue weighted by Gasteiger charge is -2.06. The van der Waals surface area contributed by atoms with Crippen LogP contribution in [0.2, 0.25) is 0 Å². The monoisotopic (exact) mass is 439 g/mol. The smallest absolute Gasteiger partial charge is 0.0472 e. The Morgan fingerprint density at radius 2 is 1.64 bits per heavy atom. The van der Waals surface area contributed by atoms with Crippen molar-refractivity contribution in [3.8, 4) is 0 Å². The molecule has 0 fully saturated rings. The molecule has 71 valence electrons. The Labute approximate surface area is 116 Å². The van der Waals surface area contributed by atoms with Crippen molar-refractivity contribution in [1.29, 1.82) is 0 Å². The first kappa shape index (κ1) is 11.1. The molecule has 0 nitrogen and oxygen atoms in total. The molecule has 0 unspecified atom stereocenters. The Morgan fingerprint density at radius 1 is 0.929 bits per heavy atom. The number of rotatable bonds is 0. The highest BCUT2D eigenvalue weighted by molar-refractivity contribution is 9.14. The van der Waals surface area contributed by atoms with Gasteiger partial charge in [-0.15, -0.1) is 0 Å². The molecule has 2 aromatic carbocycles. The van der Waals surface area contributed by atoms with E-state index >= 15 is 0 Å². The van der Waals surface area contributed by atoms with Crippen LogP contribution in [0.3, 0.4) is 0 Å². The van der Waals surface area contributed by atoms with Gasteiger partial charge >= 0.3 is 0 Å². The fourth-order valence-corrected chi connectivity index (χ4v) is 3.66. The van der Waals surface area contributed by atoms with Gasteiger partial charge < -0.3 is 0 Å². The van der Waals surface area contributed by atoms with E-state index in [-0.39, 0.29) is 0 Å². The van der Waals surface area contributed by atoms with Crippen molar-refractivity contribution < 1.29 is 0 Å². The summed E-state index contributed by atoms with van der Waals surface area (Å²) in [6, 6.07) is 9.29. The third kappa shape index (κ3) is 1.82. The Balaban J connectivity index is 2.99. The van der Waals surface area contributed by atoms with E-state index < -0.39 is 0 Å². The quantitative estimate of drug-likeness (QED) is 0.460. The van der Waals surface area contributed by atoms with E-state index in [0.29, 0.717) is 0 Å². The molecule has 1 radical (unpaired) electrons. The van der Waals surface area contributed by atoms with Crippen molar-refractivity contribution in [3.05, 3.63) is 42.2 Å². The maximum atomic E-state index is 3.56. The van der Waals surface area contributed by atoms with Gasteiger partial charge in [0.25, 0.3) is 0 Å². The van der Waals surface area contributed by atoms with Crippen LogP contribution in [-0.2, 0) is 0 Å².